The average molecular weight is 329 g/mol. The summed E-state index contributed by atoms with van der Waals surface area (Å²) in [5.41, 5.74) is -0.176. The zero-order valence-electron chi connectivity index (χ0n) is 9.07. The fraction of sp³-hybridized carbons (Fsp3) is 0.900. The first-order valence-corrected chi connectivity index (χ1v) is 7.14. The van der Waals surface area contributed by atoms with E-state index in [1.807, 2.05) is 6.92 Å². The van der Waals surface area contributed by atoms with Crippen molar-refractivity contribution in [3.05, 3.63) is 0 Å². The van der Waals surface area contributed by atoms with Gasteiger partial charge in [0, 0.05) is 17.1 Å². The molecule has 0 aliphatic rings. The van der Waals surface area contributed by atoms with Gasteiger partial charge in [-0.15, -0.1) is 0 Å². The molecule has 0 rings (SSSR count). The fourth-order valence-corrected chi connectivity index (χ4v) is 2.16. The lowest BCUT2D eigenvalue weighted by Gasteiger charge is -2.27. The molecular formula is C10H19Br2NO. The van der Waals surface area contributed by atoms with Gasteiger partial charge in [-0.3, -0.25) is 4.79 Å². The maximum absolute atomic E-state index is 11.6. The van der Waals surface area contributed by atoms with Gasteiger partial charge >= 0.3 is 0 Å². The summed E-state index contributed by atoms with van der Waals surface area (Å²) < 4.78 is 0. The first-order valence-electron chi connectivity index (χ1n) is 4.90. The Morgan fingerprint density at radius 3 is 2.29 bits per heavy atom. The minimum atomic E-state index is -0.176. The van der Waals surface area contributed by atoms with Crippen LogP contribution in [0.2, 0.25) is 0 Å². The molecule has 0 aromatic heterocycles. The maximum atomic E-state index is 11.6. The van der Waals surface area contributed by atoms with Gasteiger partial charge in [-0.05, 0) is 12.8 Å². The number of rotatable bonds is 6. The monoisotopic (exact) mass is 327 g/mol. The van der Waals surface area contributed by atoms with Crippen LogP contribution in [-0.4, -0.2) is 22.1 Å². The second kappa shape index (κ2) is 6.83. The molecule has 1 N–H and O–H groups in total. The third-order valence-electron chi connectivity index (χ3n) is 2.26. The lowest BCUT2D eigenvalue weighted by molar-refractivity contribution is -0.123. The molecule has 2 nitrogen and oxygen atoms in total. The number of hydrogen-bond acceptors (Lipinski definition) is 1. The predicted octanol–water partition coefficient (Wildman–Crippen LogP) is 3.09. The van der Waals surface area contributed by atoms with Crippen LogP contribution in [0.3, 0.4) is 0 Å². The number of halogens is 2. The van der Waals surface area contributed by atoms with Crippen molar-refractivity contribution in [2.24, 2.45) is 5.92 Å². The van der Waals surface area contributed by atoms with Gasteiger partial charge in [0.05, 0.1) is 5.54 Å². The summed E-state index contributed by atoms with van der Waals surface area (Å²) in [4.78, 5) is 11.6. The molecule has 0 saturated heterocycles. The van der Waals surface area contributed by atoms with E-state index in [1.165, 1.54) is 0 Å². The van der Waals surface area contributed by atoms with Gasteiger partial charge in [0.15, 0.2) is 0 Å². The molecule has 0 fully saturated rings. The molecule has 0 heterocycles. The number of amides is 1. The van der Waals surface area contributed by atoms with Crippen molar-refractivity contribution >= 4 is 37.8 Å². The molecule has 4 heteroatoms. The highest BCUT2D eigenvalue weighted by molar-refractivity contribution is 9.09. The molecule has 0 radical (unpaired) electrons. The summed E-state index contributed by atoms with van der Waals surface area (Å²) in [5.74, 6) is 0.602. The minimum Gasteiger partial charge on any atom is -0.349 e. The molecule has 0 aliphatic heterocycles. The first kappa shape index (κ1) is 14.4. The molecule has 0 saturated carbocycles. The molecule has 0 spiro atoms. The van der Waals surface area contributed by atoms with Crippen LogP contribution in [0.1, 0.15) is 33.6 Å². The number of hydrogen-bond donors (Lipinski definition) is 1. The SMILES string of the molecule is CCC(C)CC(=O)NC(C)(CBr)CBr. The summed E-state index contributed by atoms with van der Waals surface area (Å²) in [6.07, 6.45) is 1.67. The van der Waals surface area contributed by atoms with Crippen LogP contribution >= 0.6 is 31.9 Å². The van der Waals surface area contributed by atoms with Crippen molar-refractivity contribution in [1.82, 2.24) is 5.32 Å². The van der Waals surface area contributed by atoms with E-state index < -0.39 is 0 Å². The Hall–Kier alpha value is 0.430. The molecule has 1 atom stereocenters. The number of alkyl halides is 2. The van der Waals surface area contributed by atoms with E-state index in [-0.39, 0.29) is 11.4 Å². The Morgan fingerprint density at radius 2 is 1.93 bits per heavy atom. The van der Waals surface area contributed by atoms with Crippen LogP contribution in [0.5, 0.6) is 0 Å². The van der Waals surface area contributed by atoms with Gasteiger partial charge in [0.1, 0.15) is 0 Å². The molecule has 1 amide bonds. The zero-order chi connectivity index (χ0) is 11.2. The van der Waals surface area contributed by atoms with Crippen molar-refractivity contribution < 1.29 is 4.79 Å². The second-order valence-electron chi connectivity index (χ2n) is 4.09. The molecule has 14 heavy (non-hydrogen) atoms. The van der Waals surface area contributed by atoms with Crippen LogP contribution in [0.25, 0.3) is 0 Å². The lowest BCUT2D eigenvalue weighted by atomic mass is 10.0. The van der Waals surface area contributed by atoms with E-state index >= 15 is 0 Å². The highest BCUT2D eigenvalue weighted by atomic mass is 79.9. The van der Waals surface area contributed by atoms with Crippen molar-refractivity contribution in [2.45, 2.75) is 39.2 Å². The third kappa shape index (κ3) is 5.35. The minimum absolute atomic E-state index is 0.140. The molecular weight excluding hydrogens is 310 g/mol. The van der Waals surface area contributed by atoms with E-state index in [9.17, 15) is 4.79 Å². The largest absolute Gasteiger partial charge is 0.349 e. The Balaban J connectivity index is 4.04. The van der Waals surface area contributed by atoms with Gasteiger partial charge in [-0.25, -0.2) is 0 Å². The van der Waals surface area contributed by atoms with E-state index in [1.54, 1.807) is 0 Å². The fourth-order valence-electron chi connectivity index (χ4n) is 0.951. The van der Waals surface area contributed by atoms with E-state index in [0.29, 0.717) is 12.3 Å². The molecule has 0 aromatic rings. The quantitative estimate of drug-likeness (QED) is 0.746. The maximum Gasteiger partial charge on any atom is 0.220 e. The van der Waals surface area contributed by atoms with Crippen LogP contribution in [0.15, 0.2) is 0 Å². The third-order valence-corrected chi connectivity index (χ3v) is 4.74. The summed E-state index contributed by atoms with van der Waals surface area (Å²) >= 11 is 6.80. The van der Waals surface area contributed by atoms with Crippen molar-refractivity contribution in [3.8, 4) is 0 Å². The molecule has 0 aliphatic carbocycles. The van der Waals surface area contributed by atoms with Crippen LogP contribution in [0.4, 0.5) is 0 Å². The summed E-state index contributed by atoms with van der Waals surface area (Å²) in [6.45, 7) is 6.22. The molecule has 1 unspecified atom stereocenters. The first-order chi connectivity index (χ1) is 6.47. The van der Waals surface area contributed by atoms with Gasteiger partial charge in [0.2, 0.25) is 5.91 Å². The van der Waals surface area contributed by atoms with E-state index in [2.05, 4.69) is 51.0 Å². The van der Waals surface area contributed by atoms with Gasteiger partial charge in [-0.2, -0.15) is 0 Å². The topological polar surface area (TPSA) is 29.1 Å². The Kier molecular flexibility index (Phi) is 7.04. The van der Waals surface area contributed by atoms with Gasteiger partial charge < -0.3 is 5.32 Å². The highest BCUT2D eigenvalue weighted by Crippen LogP contribution is 2.13. The number of carbonyl (C=O) groups is 1. The van der Waals surface area contributed by atoms with Crippen LogP contribution < -0.4 is 5.32 Å². The Labute approximate surface area is 103 Å². The van der Waals surface area contributed by atoms with Crippen molar-refractivity contribution in [3.63, 3.8) is 0 Å². The summed E-state index contributed by atoms with van der Waals surface area (Å²) in [6, 6.07) is 0. The summed E-state index contributed by atoms with van der Waals surface area (Å²) in [7, 11) is 0. The standard InChI is InChI=1S/C10H19Br2NO/c1-4-8(2)5-9(14)13-10(3,6-11)7-12/h8H,4-7H2,1-3H3,(H,13,14). The van der Waals surface area contributed by atoms with E-state index in [0.717, 1.165) is 17.1 Å². The Bertz CT molecular complexity index is 181. The van der Waals surface area contributed by atoms with Crippen molar-refractivity contribution in [1.29, 1.82) is 0 Å². The second-order valence-corrected chi connectivity index (χ2v) is 5.22. The molecule has 0 bridgehead atoms. The van der Waals surface area contributed by atoms with E-state index in [4.69, 9.17) is 0 Å². The highest BCUT2D eigenvalue weighted by Gasteiger charge is 2.23. The normalized spacial score (nSPS) is 13.8. The van der Waals surface area contributed by atoms with Gasteiger partial charge in [0.25, 0.3) is 0 Å². The number of nitrogens with one attached hydrogen (secondary N) is 1. The Morgan fingerprint density at radius 1 is 1.43 bits per heavy atom. The molecule has 84 valence electrons. The lowest BCUT2D eigenvalue weighted by Crippen LogP contribution is -2.49. The zero-order valence-corrected chi connectivity index (χ0v) is 12.2. The predicted molar refractivity (Wildman–Crippen MR) is 68.2 cm³/mol. The van der Waals surface area contributed by atoms with Crippen LogP contribution in [-0.2, 0) is 4.79 Å². The van der Waals surface area contributed by atoms with Crippen molar-refractivity contribution in [2.75, 3.05) is 10.7 Å². The van der Waals surface area contributed by atoms with Crippen LogP contribution in [0, 0.1) is 5.92 Å². The molecule has 0 aromatic carbocycles. The smallest absolute Gasteiger partial charge is 0.220 e. The van der Waals surface area contributed by atoms with Gasteiger partial charge in [-0.1, -0.05) is 52.1 Å². The summed E-state index contributed by atoms with van der Waals surface area (Å²) in [5, 5.41) is 4.55. The average Bonchev–Trinajstić information content (AvgIpc) is 2.17. The number of carbonyl (C=O) groups excluding carboxylic acids is 1.